The van der Waals surface area contributed by atoms with Gasteiger partial charge in [-0.15, -0.1) is 0 Å². The third-order valence-electron chi connectivity index (χ3n) is 10.8. The standard InChI is InChI=1S/C50H31NO/c1-2-13-33(14-3-1)51(35-29-30-47-45(31-35)39-18-10-11-24-46(39)52-47)34-27-25-32(26-28-34)48-42-20-8-9-21-43(42)49-40-19-7-6-17-37(40)36-15-4-5-16-38(36)41-22-12-23-44(48)50(41)49/h1-31H. The minimum atomic E-state index is 0.893. The molecule has 0 aliphatic heterocycles. The quantitative estimate of drug-likeness (QED) is 0.175. The summed E-state index contributed by atoms with van der Waals surface area (Å²) in [7, 11) is 0. The lowest BCUT2D eigenvalue weighted by atomic mass is 9.84. The molecule has 11 rings (SSSR count). The Bertz CT molecular complexity index is 3010. The fourth-order valence-corrected chi connectivity index (χ4v) is 8.59. The van der Waals surface area contributed by atoms with E-state index in [4.69, 9.17) is 4.42 Å². The number of nitrogens with zero attached hydrogens (tertiary/aromatic N) is 1. The van der Waals surface area contributed by atoms with E-state index in [-0.39, 0.29) is 0 Å². The largest absolute Gasteiger partial charge is 0.456 e. The molecule has 1 aliphatic carbocycles. The number of furan rings is 1. The summed E-state index contributed by atoms with van der Waals surface area (Å²) < 4.78 is 6.19. The van der Waals surface area contributed by atoms with Crippen LogP contribution in [-0.4, -0.2) is 0 Å². The molecule has 52 heavy (non-hydrogen) atoms. The van der Waals surface area contributed by atoms with E-state index in [0.29, 0.717) is 0 Å². The highest BCUT2D eigenvalue weighted by Gasteiger charge is 2.25. The molecule has 1 aliphatic rings. The summed E-state index contributed by atoms with van der Waals surface area (Å²) in [6.45, 7) is 0. The van der Waals surface area contributed by atoms with Gasteiger partial charge in [0.2, 0.25) is 0 Å². The Morgan fingerprint density at radius 2 is 0.827 bits per heavy atom. The van der Waals surface area contributed by atoms with Crippen molar-refractivity contribution >= 4 is 60.5 Å². The van der Waals surface area contributed by atoms with Gasteiger partial charge in [0.15, 0.2) is 0 Å². The van der Waals surface area contributed by atoms with Crippen molar-refractivity contribution in [2.45, 2.75) is 0 Å². The molecule has 1 aromatic heterocycles. The molecule has 2 nitrogen and oxygen atoms in total. The zero-order valence-electron chi connectivity index (χ0n) is 28.3. The number of rotatable bonds is 4. The molecule has 242 valence electrons. The highest BCUT2D eigenvalue weighted by atomic mass is 16.3. The molecule has 1 heterocycles. The van der Waals surface area contributed by atoms with Gasteiger partial charge in [-0.05, 0) is 115 Å². The Balaban J connectivity index is 1.14. The lowest BCUT2D eigenvalue weighted by molar-refractivity contribution is 0.669. The molecule has 2 heteroatoms. The van der Waals surface area contributed by atoms with Gasteiger partial charge >= 0.3 is 0 Å². The maximum Gasteiger partial charge on any atom is 0.135 e. The predicted molar refractivity (Wildman–Crippen MR) is 219 cm³/mol. The van der Waals surface area contributed by atoms with Crippen molar-refractivity contribution in [1.29, 1.82) is 0 Å². The summed E-state index contributed by atoms with van der Waals surface area (Å²) in [6, 6.07) is 68.1. The van der Waals surface area contributed by atoms with E-state index in [1.165, 1.54) is 66.1 Å². The predicted octanol–water partition coefficient (Wildman–Crippen LogP) is 14.3. The fourth-order valence-electron chi connectivity index (χ4n) is 8.59. The van der Waals surface area contributed by atoms with Crippen LogP contribution in [0.2, 0.25) is 0 Å². The van der Waals surface area contributed by atoms with E-state index in [2.05, 4.69) is 181 Å². The molecular weight excluding hydrogens is 631 g/mol. The summed E-state index contributed by atoms with van der Waals surface area (Å²) in [6.07, 6.45) is 0. The van der Waals surface area contributed by atoms with Crippen molar-refractivity contribution < 1.29 is 4.42 Å². The van der Waals surface area contributed by atoms with E-state index in [9.17, 15) is 0 Å². The Hall–Kier alpha value is -6.90. The summed E-state index contributed by atoms with van der Waals surface area (Å²) >= 11 is 0. The third-order valence-corrected chi connectivity index (χ3v) is 10.8. The third kappa shape index (κ3) is 4.25. The SMILES string of the molecule is c1ccc(N(c2ccc(-c3c4ccccc4c4c5c(cccc35)-c3ccccc3-c3ccccc3-4)cc2)c2ccc3oc4ccccc4c3c2)cc1. The lowest BCUT2D eigenvalue weighted by Gasteiger charge is -2.26. The molecule has 0 fully saturated rings. The Labute approximate surface area is 301 Å². The second-order valence-electron chi connectivity index (χ2n) is 13.6. The molecular formula is C50H31NO. The molecule has 0 saturated carbocycles. The van der Waals surface area contributed by atoms with Gasteiger partial charge in [0.05, 0.1) is 0 Å². The number of anilines is 3. The normalized spacial score (nSPS) is 11.8. The molecule has 9 aromatic carbocycles. The van der Waals surface area contributed by atoms with Crippen molar-refractivity contribution in [3.8, 4) is 44.5 Å². The minimum Gasteiger partial charge on any atom is -0.456 e. The van der Waals surface area contributed by atoms with E-state index in [0.717, 1.165) is 39.0 Å². The zero-order chi connectivity index (χ0) is 34.2. The zero-order valence-corrected chi connectivity index (χ0v) is 28.3. The first kappa shape index (κ1) is 28.9. The van der Waals surface area contributed by atoms with Gasteiger partial charge in [0.25, 0.3) is 0 Å². The number of hydrogen-bond donors (Lipinski definition) is 0. The van der Waals surface area contributed by atoms with Gasteiger partial charge in [-0.1, -0.05) is 140 Å². The van der Waals surface area contributed by atoms with E-state index in [1.807, 2.05) is 12.1 Å². The average Bonchev–Trinajstić information content (AvgIpc) is 3.53. The van der Waals surface area contributed by atoms with Crippen LogP contribution in [0.5, 0.6) is 0 Å². The first-order chi connectivity index (χ1) is 25.8. The van der Waals surface area contributed by atoms with Crippen LogP contribution >= 0.6 is 0 Å². The van der Waals surface area contributed by atoms with E-state index in [1.54, 1.807) is 0 Å². The summed E-state index contributed by atoms with van der Waals surface area (Å²) in [5.74, 6) is 0. The highest BCUT2D eigenvalue weighted by molar-refractivity contribution is 6.27. The summed E-state index contributed by atoms with van der Waals surface area (Å²) in [5.41, 5.74) is 15.2. The molecule has 0 bridgehead atoms. The van der Waals surface area contributed by atoms with Crippen LogP contribution in [0, 0.1) is 0 Å². The number of fused-ring (bicyclic) bond motifs is 10. The van der Waals surface area contributed by atoms with Gasteiger partial charge in [0.1, 0.15) is 11.2 Å². The van der Waals surface area contributed by atoms with E-state index >= 15 is 0 Å². The molecule has 10 aromatic rings. The van der Waals surface area contributed by atoms with Crippen molar-refractivity contribution in [2.24, 2.45) is 0 Å². The van der Waals surface area contributed by atoms with Crippen molar-refractivity contribution in [3.05, 3.63) is 188 Å². The van der Waals surface area contributed by atoms with Gasteiger partial charge in [-0.3, -0.25) is 0 Å². The van der Waals surface area contributed by atoms with Crippen LogP contribution in [0.15, 0.2) is 192 Å². The fraction of sp³-hybridized carbons (Fsp3) is 0. The highest BCUT2D eigenvalue weighted by Crippen LogP contribution is 2.53. The second kappa shape index (κ2) is 11.3. The minimum absolute atomic E-state index is 0.893. The van der Waals surface area contributed by atoms with Crippen LogP contribution in [0.25, 0.3) is 88.0 Å². The first-order valence-corrected chi connectivity index (χ1v) is 17.9. The van der Waals surface area contributed by atoms with Crippen molar-refractivity contribution in [1.82, 2.24) is 0 Å². The van der Waals surface area contributed by atoms with E-state index < -0.39 is 0 Å². The number of hydrogen-bond acceptors (Lipinski definition) is 2. The van der Waals surface area contributed by atoms with Crippen molar-refractivity contribution in [3.63, 3.8) is 0 Å². The topological polar surface area (TPSA) is 16.4 Å². The van der Waals surface area contributed by atoms with Gasteiger partial charge in [-0.2, -0.15) is 0 Å². The monoisotopic (exact) mass is 661 g/mol. The van der Waals surface area contributed by atoms with Crippen LogP contribution in [0.4, 0.5) is 17.1 Å². The molecule has 0 saturated heterocycles. The maximum atomic E-state index is 6.19. The van der Waals surface area contributed by atoms with Crippen LogP contribution in [-0.2, 0) is 0 Å². The first-order valence-electron chi connectivity index (χ1n) is 17.9. The Morgan fingerprint density at radius 3 is 1.60 bits per heavy atom. The Morgan fingerprint density at radius 1 is 0.308 bits per heavy atom. The molecule has 0 spiro atoms. The summed E-state index contributed by atoms with van der Waals surface area (Å²) in [5, 5.41) is 7.34. The van der Waals surface area contributed by atoms with Crippen LogP contribution in [0.3, 0.4) is 0 Å². The average molecular weight is 662 g/mol. The second-order valence-corrected chi connectivity index (χ2v) is 13.6. The summed E-state index contributed by atoms with van der Waals surface area (Å²) in [4.78, 5) is 2.33. The molecule has 0 N–H and O–H groups in total. The smallest absolute Gasteiger partial charge is 0.135 e. The van der Waals surface area contributed by atoms with Gasteiger partial charge in [-0.25, -0.2) is 0 Å². The van der Waals surface area contributed by atoms with Gasteiger partial charge in [0, 0.05) is 27.8 Å². The number of benzene rings is 9. The van der Waals surface area contributed by atoms with Crippen LogP contribution < -0.4 is 4.90 Å². The Kier molecular flexibility index (Phi) is 6.28. The van der Waals surface area contributed by atoms with Crippen LogP contribution in [0.1, 0.15) is 0 Å². The molecule has 0 amide bonds. The molecule has 0 unspecified atom stereocenters. The molecule has 0 atom stereocenters. The molecule has 0 radical (unpaired) electrons. The van der Waals surface area contributed by atoms with Crippen molar-refractivity contribution in [2.75, 3.05) is 4.90 Å². The number of para-hydroxylation sites is 2. The maximum absolute atomic E-state index is 6.19. The lowest BCUT2D eigenvalue weighted by Crippen LogP contribution is -2.09. The van der Waals surface area contributed by atoms with Gasteiger partial charge < -0.3 is 9.32 Å².